The average Bonchev–Trinajstić information content (AvgIpc) is 2.34. The van der Waals surface area contributed by atoms with Gasteiger partial charge in [0.1, 0.15) is 17.3 Å². The highest BCUT2D eigenvalue weighted by atomic mass is 16.5. The number of amidine groups is 1. The fourth-order valence-corrected chi connectivity index (χ4v) is 1.50. The van der Waals surface area contributed by atoms with Crippen molar-refractivity contribution in [3.63, 3.8) is 0 Å². The number of ether oxygens (including phenoxy) is 2. The van der Waals surface area contributed by atoms with Gasteiger partial charge in [-0.3, -0.25) is 4.99 Å². The third kappa shape index (κ3) is 3.63. The summed E-state index contributed by atoms with van der Waals surface area (Å²) in [6, 6.07) is 5.50. The fraction of sp³-hybridized carbons (Fsp3) is 0.462. The molecule has 0 spiro atoms. The fourth-order valence-electron chi connectivity index (χ4n) is 1.50. The quantitative estimate of drug-likeness (QED) is 0.371. The van der Waals surface area contributed by atoms with Crippen LogP contribution in [0.2, 0.25) is 0 Å². The Hall–Kier alpha value is -1.75. The van der Waals surface area contributed by atoms with Crippen molar-refractivity contribution in [3.8, 4) is 11.5 Å². The summed E-state index contributed by atoms with van der Waals surface area (Å²) in [5.41, 5.74) is 3.19. The maximum atomic E-state index is 5.54. The van der Waals surface area contributed by atoms with E-state index in [9.17, 15) is 0 Å². The summed E-state index contributed by atoms with van der Waals surface area (Å²) in [5, 5.41) is 0. The Bertz CT molecular complexity index is 436. The SMILES string of the molecule is COc1ccc(C(=NC(C)(C)C)NN)c(OC)c1. The van der Waals surface area contributed by atoms with Crippen LogP contribution in [0.5, 0.6) is 11.5 Å². The molecule has 0 saturated carbocycles. The number of nitrogens with zero attached hydrogens (tertiary/aromatic N) is 1. The highest BCUT2D eigenvalue weighted by Crippen LogP contribution is 2.25. The van der Waals surface area contributed by atoms with Crippen molar-refractivity contribution in [2.24, 2.45) is 10.8 Å². The molecule has 0 fully saturated rings. The van der Waals surface area contributed by atoms with Crippen LogP contribution in [0.1, 0.15) is 26.3 Å². The molecule has 1 rings (SSSR count). The summed E-state index contributed by atoms with van der Waals surface area (Å²) in [6.45, 7) is 6.00. The number of hydrogen-bond acceptors (Lipinski definition) is 4. The first-order valence-electron chi connectivity index (χ1n) is 5.70. The first-order chi connectivity index (χ1) is 8.41. The van der Waals surface area contributed by atoms with E-state index >= 15 is 0 Å². The third-order valence-electron chi connectivity index (χ3n) is 2.25. The van der Waals surface area contributed by atoms with Gasteiger partial charge < -0.3 is 14.9 Å². The van der Waals surface area contributed by atoms with Gasteiger partial charge in [0.2, 0.25) is 0 Å². The van der Waals surface area contributed by atoms with Gasteiger partial charge in [0.25, 0.3) is 0 Å². The van der Waals surface area contributed by atoms with Gasteiger partial charge in [-0.05, 0) is 32.9 Å². The maximum Gasteiger partial charge on any atom is 0.146 e. The molecule has 0 radical (unpaired) electrons. The van der Waals surface area contributed by atoms with Crippen molar-refractivity contribution >= 4 is 5.84 Å². The molecule has 3 N–H and O–H groups in total. The van der Waals surface area contributed by atoms with Crippen molar-refractivity contribution in [2.75, 3.05) is 14.2 Å². The summed E-state index contributed by atoms with van der Waals surface area (Å²) in [7, 11) is 3.21. The number of methoxy groups -OCH3 is 2. The van der Waals surface area contributed by atoms with Crippen LogP contribution >= 0.6 is 0 Å². The minimum atomic E-state index is -0.230. The van der Waals surface area contributed by atoms with Gasteiger partial charge in [-0.15, -0.1) is 0 Å². The molecular formula is C13H21N3O2. The lowest BCUT2D eigenvalue weighted by Gasteiger charge is -2.17. The Balaban J connectivity index is 3.26. The van der Waals surface area contributed by atoms with Gasteiger partial charge in [-0.2, -0.15) is 0 Å². The van der Waals surface area contributed by atoms with Crippen LogP contribution in [-0.2, 0) is 0 Å². The van der Waals surface area contributed by atoms with Crippen LogP contribution < -0.4 is 20.7 Å². The number of hydrogen-bond donors (Lipinski definition) is 2. The molecule has 100 valence electrons. The van der Waals surface area contributed by atoms with Crippen molar-refractivity contribution in [1.29, 1.82) is 0 Å². The molecular weight excluding hydrogens is 230 g/mol. The van der Waals surface area contributed by atoms with Gasteiger partial charge in [-0.25, -0.2) is 5.84 Å². The molecule has 0 heterocycles. The number of rotatable bonds is 3. The van der Waals surface area contributed by atoms with Crippen molar-refractivity contribution < 1.29 is 9.47 Å². The Kier molecular flexibility index (Phi) is 4.55. The summed E-state index contributed by atoms with van der Waals surface area (Å²) < 4.78 is 10.5. The zero-order valence-electron chi connectivity index (χ0n) is 11.6. The number of nitrogens with two attached hydrogens (primary N) is 1. The summed E-state index contributed by atoms with van der Waals surface area (Å²) >= 11 is 0. The van der Waals surface area contributed by atoms with E-state index in [1.165, 1.54) is 0 Å². The van der Waals surface area contributed by atoms with Crippen LogP contribution in [0.3, 0.4) is 0 Å². The lowest BCUT2D eigenvalue weighted by atomic mass is 10.1. The predicted molar refractivity (Wildman–Crippen MR) is 73.2 cm³/mol. The average molecular weight is 251 g/mol. The minimum absolute atomic E-state index is 0.230. The van der Waals surface area contributed by atoms with E-state index in [0.717, 1.165) is 11.3 Å². The topological polar surface area (TPSA) is 68.9 Å². The molecule has 0 aliphatic heterocycles. The molecule has 5 nitrogen and oxygen atoms in total. The van der Waals surface area contributed by atoms with Crippen LogP contribution in [0.25, 0.3) is 0 Å². The van der Waals surface area contributed by atoms with Gasteiger partial charge in [0.15, 0.2) is 0 Å². The molecule has 18 heavy (non-hydrogen) atoms. The van der Waals surface area contributed by atoms with E-state index in [2.05, 4.69) is 10.4 Å². The molecule has 1 aromatic rings. The monoisotopic (exact) mass is 251 g/mol. The van der Waals surface area contributed by atoms with Crippen LogP contribution in [0.15, 0.2) is 23.2 Å². The van der Waals surface area contributed by atoms with E-state index in [0.29, 0.717) is 11.6 Å². The standard InChI is InChI=1S/C13H21N3O2/c1-13(2,3)15-12(16-14)10-7-6-9(17-4)8-11(10)18-5/h6-8H,14H2,1-5H3,(H,15,16). The summed E-state index contributed by atoms with van der Waals surface area (Å²) in [4.78, 5) is 4.52. The lowest BCUT2D eigenvalue weighted by molar-refractivity contribution is 0.393. The summed E-state index contributed by atoms with van der Waals surface area (Å²) in [6.07, 6.45) is 0. The molecule has 0 aliphatic rings. The smallest absolute Gasteiger partial charge is 0.146 e. The molecule has 0 aromatic heterocycles. The van der Waals surface area contributed by atoms with Crippen molar-refractivity contribution in [1.82, 2.24) is 5.43 Å². The van der Waals surface area contributed by atoms with Gasteiger partial charge in [0.05, 0.1) is 25.3 Å². The number of benzene rings is 1. The molecule has 5 heteroatoms. The van der Waals surface area contributed by atoms with Crippen molar-refractivity contribution in [2.45, 2.75) is 26.3 Å². The molecule has 0 aliphatic carbocycles. The minimum Gasteiger partial charge on any atom is -0.497 e. The van der Waals surface area contributed by atoms with Gasteiger partial charge in [0, 0.05) is 6.07 Å². The first kappa shape index (κ1) is 14.3. The molecule has 0 unspecified atom stereocenters. The maximum absolute atomic E-state index is 5.54. The normalized spacial score (nSPS) is 12.2. The van der Waals surface area contributed by atoms with E-state index in [-0.39, 0.29) is 5.54 Å². The van der Waals surface area contributed by atoms with E-state index < -0.39 is 0 Å². The van der Waals surface area contributed by atoms with E-state index in [1.807, 2.05) is 32.9 Å². The van der Waals surface area contributed by atoms with Gasteiger partial charge >= 0.3 is 0 Å². The van der Waals surface area contributed by atoms with E-state index in [1.54, 1.807) is 20.3 Å². The molecule has 0 atom stereocenters. The van der Waals surface area contributed by atoms with Crippen LogP contribution in [0, 0.1) is 0 Å². The largest absolute Gasteiger partial charge is 0.497 e. The van der Waals surface area contributed by atoms with E-state index in [4.69, 9.17) is 15.3 Å². The Morgan fingerprint density at radius 3 is 2.33 bits per heavy atom. The number of nitrogens with one attached hydrogen (secondary N) is 1. The zero-order chi connectivity index (χ0) is 13.8. The Morgan fingerprint density at radius 2 is 1.89 bits per heavy atom. The molecule has 0 bridgehead atoms. The van der Waals surface area contributed by atoms with Crippen LogP contribution in [-0.4, -0.2) is 25.6 Å². The van der Waals surface area contributed by atoms with Crippen LogP contribution in [0.4, 0.5) is 0 Å². The highest BCUT2D eigenvalue weighted by Gasteiger charge is 2.15. The first-order valence-corrected chi connectivity index (χ1v) is 5.70. The predicted octanol–water partition coefficient (Wildman–Crippen LogP) is 1.71. The van der Waals surface area contributed by atoms with Crippen molar-refractivity contribution in [3.05, 3.63) is 23.8 Å². The lowest BCUT2D eigenvalue weighted by Crippen LogP contribution is -2.34. The molecule has 0 amide bonds. The number of aliphatic imine (C=N–C) groups is 1. The molecule has 0 saturated heterocycles. The second kappa shape index (κ2) is 5.73. The third-order valence-corrected chi connectivity index (χ3v) is 2.25. The Morgan fingerprint density at radius 1 is 1.22 bits per heavy atom. The van der Waals surface area contributed by atoms with Gasteiger partial charge in [-0.1, -0.05) is 0 Å². The summed E-state index contributed by atoms with van der Waals surface area (Å²) in [5.74, 6) is 7.51. The Labute approximate surface area is 108 Å². The zero-order valence-corrected chi connectivity index (χ0v) is 11.6. The second-order valence-electron chi connectivity index (χ2n) is 4.84. The number of hydrazine groups is 1. The molecule has 1 aromatic carbocycles. The second-order valence-corrected chi connectivity index (χ2v) is 4.84. The highest BCUT2D eigenvalue weighted by molar-refractivity contribution is 6.01.